The van der Waals surface area contributed by atoms with Crippen LogP contribution in [0, 0.1) is 0 Å². The van der Waals surface area contributed by atoms with Gasteiger partial charge in [0.2, 0.25) is 6.17 Å². The van der Waals surface area contributed by atoms with Crippen molar-refractivity contribution in [1.82, 2.24) is 9.55 Å². The van der Waals surface area contributed by atoms with Gasteiger partial charge in [-0.2, -0.15) is 4.98 Å². The third-order valence-corrected chi connectivity index (χ3v) is 8.34. The van der Waals surface area contributed by atoms with Crippen molar-refractivity contribution in [3.8, 4) is 0 Å². The molecule has 0 bridgehead atoms. The summed E-state index contributed by atoms with van der Waals surface area (Å²) in [5.74, 6) is -2.09. The van der Waals surface area contributed by atoms with E-state index in [1.807, 2.05) is 91.0 Å². The minimum Gasteiger partial charge on any atom is -0.458 e. The number of hydrogen-bond donors (Lipinski definition) is 1. The molecule has 5 aromatic rings. The third-order valence-electron chi connectivity index (χ3n) is 8.34. The lowest BCUT2D eigenvalue weighted by atomic mass is 9.80. The number of anilines is 1. The molecule has 1 fully saturated rings. The van der Waals surface area contributed by atoms with E-state index < -0.39 is 47.2 Å². The van der Waals surface area contributed by atoms with Crippen LogP contribution in [0.25, 0.3) is 0 Å². The van der Waals surface area contributed by atoms with Crippen LogP contribution in [0.4, 0.5) is 14.6 Å². The molecule has 0 spiro atoms. The van der Waals surface area contributed by atoms with Crippen molar-refractivity contribution >= 4 is 11.8 Å². The second-order valence-electron chi connectivity index (χ2n) is 11.0. The van der Waals surface area contributed by atoms with Crippen molar-refractivity contribution < 1.29 is 27.8 Å². The van der Waals surface area contributed by atoms with Crippen LogP contribution in [0.1, 0.15) is 27.0 Å². The van der Waals surface area contributed by atoms with E-state index in [1.165, 1.54) is 18.2 Å². The summed E-state index contributed by atoms with van der Waals surface area (Å²) in [7, 11) is 0. The van der Waals surface area contributed by atoms with Gasteiger partial charge in [-0.15, -0.1) is 0 Å². The molecule has 3 atom stereocenters. The molecule has 230 valence electrons. The van der Waals surface area contributed by atoms with Gasteiger partial charge in [-0.1, -0.05) is 109 Å². The van der Waals surface area contributed by atoms with E-state index >= 15 is 8.78 Å². The maximum Gasteiger partial charge on any atom is 0.352 e. The van der Waals surface area contributed by atoms with Crippen molar-refractivity contribution in [3.05, 3.63) is 178 Å². The Kier molecular flexibility index (Phi) is 7.01. The van der Waals surface area contributed by atoms with Crippen molar-refractivity contribution in [2.45, 2.75) is 23.2 Å². The van der Waals surface area contributed by atoms with Crippen LogP contribution in [0.3, 0.4) is 0 Å². The Labute approximate surface area is 262 Å². The summed E-state index contributed by atoms with van der Waals surface area (Å²) >= 11 is 0. The normalized spacial score (nSPS) is 21.7. The molecule has 0 amide bonds. The van der Waals surface area contributed by atoms with Crippen LogP contribution in [0.5, 0.6) is 0 Å². The zero-order valence-corrected chi connectivity index (χ0v) is 24.3. The number of carbonyl (C=O) groups is 1. The Bertz CT molecular complexity index is 1890. The molecule has 1 aliphatic heterocycles. The highest BCUT2D eigenvalue weighted by Crippen LogP contribution is 2.69. The molecule has 2 unspecified atom stereocenters. The smallest absolute Gasteiger partial charge is 0.352 e. The van der Waals surface area contributed by atoms with Gasteiger partial charge in [0.05, 0.1) is 5.56 Å². The molecule has 8 nitrogen and oxygen atoms in total. The number of fused-ring (bicyclic) bond motifs is 1. The molecule has 1 aliphatic carbocycles. The monoisotopic (exact) mass is 619 g/mol. The number of nitrogens with zero attached hydrogens (tertiary/aromatic N) is 2. The van der Waals surface area contributed by atoms with Gasteiger partial charge in [-0.3, -0.25) is 4.57 Å². The highest BCUT2D eigenvalue weighted by molar-refractivity contribution is 5.90. The molecule has 2 aliphatic rings. The van der Waals surface area contributed by atoms with Crippen molar-refractivity contribution in [2.24, 2.45) is 0 Å². The highest BCUT2D eigenvalue weighted by Gasteiger charge is 2.92. The first kappa shape index (κ1) is 29.1. The fourth-order valence-corrected chi connectivity index (χ4v) is 6.11. The minimum atomic E-state index is -3.05. The summed E-state index contributed by atoms with van der Waals surface area (Å²) in [5, 5.41) is 0. The number of ether oxygens (including phenoxy) is 3. The number of halogens is 2. The zero-order chi connectivity index (χ0) is 31.9. The van der Waals surface area contributed by atoms with E-state index in [1.54, 1.807) is 18.2 Å². The summed E-state index contributed by atoms with van der Waals surface area (Å²) < 4.78 is 51.8. The third kappa shape index (κ3) is 4.33. The molecule has 0 radical (unpaired) electrons. The lowest BCUT2D eigenvalue weighted by Crippen LogP contribution is -2.38. The fourth-order valence-electron chi connectivity index (χ4n) is 6.11. The van der Waals surface area contributed by atoms with Crippen LogP contribution in [0.15, 0.2) is 150 Å². The predicted molar refractivity (Wildman–Crippen MR) is 165 cm³/mol. The van der Waals surface area contributed by atoms with Gasteiger partial charge in [-0.25, -0.2) is 18.4 Å². The topological polar surface area (TPSA) is 106 Å². The van der Waals surface area contributed by atoms with Gasteiger partial charge < -0.3 is 19.9 Å². The molecular formula is C36H27F2N3O5. The lowest BCUT2D eigenvalue weighted by Gasteiger charge is -2.36. The van der Waals surface area contributed by atoms with Crippen molar-refractivity contribution in [1.29, 1.82) is 0 Å². The molecule has 1 aromatic heterocycles. The fraction of sp³-hybridized carbons (Fsp3) is 0.139. The first-order chi connectivity index (χ1) is 22.3. The molecule has 1 saturated carbocycles. The highest BCUT2D eigenvalue weighted by atomic mass is 19.2. The largest absolute Gasteiger partial charge is 0.458 e. The summed E-state index contributed by atoms with van der Waals surface area (Å²) in [5.41, 5.74) is 0.0921. The summed E-state index contributed by atoms with van der Waals surface area (Å²) in [4.78, 5) is 29.7. The molecule has 10 heteroatoms. The van der Waals surface area contributed by atoms with Gasteiger partial charge in [0, 0.05) is 6.20 Å². The van der Waals surface area contributed by atoms with Crippen molar-refractivity contribution in [3.63, 3.8) is 0 Å². The van der Waals surface area contributed by atoms with E-state index in [0.717, 1.165) is 22.9 Å². The maximum atomic E-state index is 17.0. The number of nitrogen functional groups attached to an aromatic ring is 1. The predicted octanol–water partition coefficient (Wildman–Crippen LogP) is 5.65. The first-order valence-corrected chi connectivity index (χ1v) is 14.5. The summed E-state index contributed by atoms with van der Waals surface area (Å²) in [6, 6.07) is 37.3. The summed E-state index contributed by atoms with van der Waals surface area (Å²) in [6.07, 6.45) is -1.31. The van der Waals surface area contributed by atoms with E-state index in [-0.39, 0.29) is 17.1 Å². The van der Waals surface area contributed by atoms with Crippen LogP contribution in [0.2, 0.25) is 0 Å². The molecule has 46 heavy (non-hydrogen) atoms. The van der Waals surface area contributed by atoms with Crippen LogP contribution >= 0.6 is 0 Å². The number of esters is 1. The molecule has 7 rings (SSSR count). The number of benzene rings is 4. The van der Waals surface area contributed by atoms with Gasteiger partial charge in [0.25, 0.3) is 11.4 Å². The molecule has 4 aromatic carbocycles. The number of aromatic nitrogens is 2. The Morgan fingerprint density at radius 2 is 1.35 bits per heavy atom. The number of rotatable bonds is 9. The van der Waals surface area contributed by atoms with Gasteiger partial charge in [0.1, 0.15) is 18.0 Å². The molecule has 2 heterocycles. The van der Waals surface area contributed by atoms with Crippen molar-refractivity contribution in [2.75, 3.05) is 12.3 Å². The molecular weight excluding hydrogens is 592 g/mol. The van der Waals surface area contributed by atoms with E-state index in [4.69, 9.17) is 19.9 Å². The van der Waals surface area contributed by atoms with E-state index in [2.05, 4.69) is 4.98 Å². The summed E-state index contributed by atoms with van der Waals surface area (Å²) in [6.45, 7) is -0.479. The molecule has 2 N–H and O–H groups in total. The van der Waals surface area contributed by atoms with Crippen LogP contribution in [-0.4, -0.2) is 34.0 Å². The van der Waals surface area contributed by atoms with Gasteiger partial charge >= 0.3 is 11.7 Å². The van der Waals surface area contributed by atoms with E-state index in [9.17, 15) is 9.59 Å². The Morgan fingerprint density at radius 1 is 0.848 bits per heavy atom. The number of alkyl halides is 2. The number of carbonyl (C=O) groups excluding carboxylic acids is 1. The van der Waals surface area contributed by atoms with Gasteiger partial charge in [0.15, 0.2) is 11.5 Å². The molecule has 0 saturated heterocycles. The van der Waals surface area contributed by atoms with Gasteiger partial charge in [-0.05, 0) is 34.9 Å². The average molecular weight is 620 g/mol. The zero-order valence-electron chi connectivity index (χ0n) is 24.3. The minimum absolute atomic E-state index is 0.103. The number of hydrogen-bond acceptors (Lipinski definition) is 7. The maximum absolute atomic E-state index is 17.0. The second-order valence-corrected chi connectivity index (χ2v) is 11.0. The SMILES string of the molecule is Nc1ccn([C@@]23OC(COC(c4ccccc4)(c4ccccc4)c4ccccc4)=C(OC(=O)c4ccccc4)C2(F)C3F)c(=O)n1. The van der Waals surface area contributed by atoms with Crippen LogP contribution < -0.4 is 11.4 Å². The number of nitrogens with two attached hydrogens (primary N) is 1. The lowest BCUT2D eigenvalue weighted by molar-refractivity contribution is -0.0459. The Hall–Kier alpha value is -5.61. The Balaban J connectivity index is 1.36. The Morgan fingerprint density at radius 3 is 1.85 bits per heavy atom. The second kappa shape index (κ2) is 11.1. The standard InChI is InChI=1S/C36H27F2N3O5/c37-32-35(38)30(45-31(42)24-13-5-1-6-14-24)28(46-36(32,35)41-22-21-29(39)40-33(41)43)23-44-34(25-15-7-2-8-16-25,26-17-9-3-10-18-26)27-19-11-4-12-20-27/h1-22,32H,23H2,(H2,39,40,43)/t32?,35?,36-/m0/s1. The average Bonchev–Trinajstić information content (AvgIpc) is 3.44. The quantitative estimate of drug-likeness (QED) is 0.168. The first-order valence-electron chi connectivity index (χ1n) is 14.5. The van der Waals surface area contributed by atoms with Crippen LogP contribution in [-0.2, 0) is 25.5 Å². The van der Waals surface area contributed by atoms with E-state index in [0.29, 0.717) is 4.57 Å².